The van der Waals surface area contributed by atoms with E-state index in [1.54, 1.807) is 6.92 Å². The summed E-state index contributed by atoms with van der Waals surface area (Å²) in [4.78, 5) is 0. The van der Waals surface area contributed by atoms with Crippen LogP contribution in [0.5, 0.6) is 0 Å². The van der Waals surface area contributed by atoms with Crippen molar-refractivity contribution in [2.75, 3.05) is 5.75 Å². The van der Waals surface area contributed by atoms with E-state index in [-0.39, 0.29) is 11.8 Å². The third-order valence-electron chi connectivity index (χ3n) is 0.647. The summed E-state index contributed by atoms with van der Waals surface area (Å²) in [7, 11) is -3.83. The maximum Gasteiger partial charge on any atom is 0.266 e. The zero-order chi connectivity index (χ0) is 7.49. The fourth-order valence-corrected chi connectivity index (χ4v) is 1.44. The summed E-state index contributed by atoms with van der Waals surface area (Å²) in [5, 5.41) is 0. The van der Waals surface area contributed by atoms with Crippen LogP contribution in [0.15, 0.2) is 0 Å². The summed E-state index contributed by atoms with van der Waals surface area (Å²) in [6.07, 6.45) is 0. The molecule has 2 N–H and O–H groups in total. The quantitative estimate of drug-likeness (QED) is 0.523. The molecule has 0 aromatic heterocycles. The van der Waals surface area contributed by atoms with Crippen molar-refractivity contribution in [3.63, 3.8) is 0 Å². The smallest absolute Gasteiger partial charge is 0.266 e. The normalized spacial score (nSPS) is 15.4. The van der Waals surface area contributed by atoms with Crippen LogP contribution in [0.1, 0.15) is 6.92 Å². The van der Waals surface area contributed by atoms with E-state index in [9.17, 15) is 8.42 Å². The van der Waals surface area contributed by atoms with Gasteiger partial charge in [-0.3, -0.25) is 8.90 Å². The van der Waals surface area contributed by atoms with Gasteiger partial charge >= 0.3 is 0 Å². The second-order valence-electron chi connectivity index (χ2n) is 1.76. The number of rotatable bonds is 3. The molecule has 0 rings (SSSR count). The highest BCUT2D eigenvalue weighted by molar-refractivity contribution is 9.08. The second kappa shape index (κ2) is 3.50. The molecular formula is C3H8BrNO3S. The van der Waals surface area contributed by atoms with E-state index >= 15 is 0 Å². The van der Waals surface area contributed by atoms with Gasteiger partial charge in [0.2, 0.25) is 0 Å². The van der Waals surface area contributed by atoms with E-state index in [0.29, 0.717) is 0 Å². The summed E-state index contributed by atoms with van der Waals surface area (Å²) >= 11 is 2.84. The first-order chi connectivity index (χ1) is 3.95. The Labute approximate surface area is 62.7 Å². The predicted molar refractivity (Wildman–Crippen MR) is 37.9 cm³/mol. The molecule has 0 aliphatic rings. The number of hydrogen-bond acceptors (Lipinski definition) is 3. The van der Waals surface area contributed by atoms with Gasteiger partial charge in [-0.15, -0.1) is 0 Å². The second-order valence-corrected chi connectivity index (χ2v) is 3.71. The van der Waals surface area contributed by atoms with Crippen molar-refractivity contribution >= 4 is 26.3 Å². The first-order valence-electron chi connectivity index (χ1n) is 2.27. The largest absolute Gasteiger partial charge is 0.285 e. The molecule has 0 saturated heterocycles. The van der Waals surface area contributed by atoms with Gasteiger partial charge in [0.1, 0.15) is 0 Å². The summed E-state index contributed by atoms with van der Waals surface area (Å²) in [6, 6.07) is -0.278. The lowest BCUT2D eigenvalue weighted by Gasteiger charge is -2.03. The topological polar surface area (TPSA) is 66.4 Å². The van der Waals surface area contributed by atoms with E-state index in [0.717, 1.165) is 0 Å². The Morgan fingerprint density at radius 3 is 2.33 bits per heavy atom. The highest BCUT2D eigenvalue weighted by Gasteiger charge is 2.09. The molecule has 1 unspecified atom stereocenters. The molecule has 6 heteroatoms. The van der Waals surface area contributed by atoms with Crippen LogP contribution in [-0.2, 0) is 10.1 Å². The summed E-state index contributed by atoms with van der Waals surface area (Å²) in [5.74, 6) is -0.280. The molecule has 0 fully saturated rings. The van der Waals surface area contributed by atoms with Crippen molar-refractivity contribution in [3.05, 3.63) is 0 Å². The Morgan fingerprint density at radius 1 is 1.78 bits per heavy atom. The van der Waals surface area contributed by atoms with Crippen molar-refractivity contribution in [3.8, 4) is 0 Å². The number of hydrogen-bond donors (Lipinski definition) is 2. The van der Waals surface area contributed by atoms with E-state index < -0.39 is 10.1 Å². The molecule has 0 aromatic carbocycles. The molecule has 1 atom stereocenters. The van der Waals surface area contributed by atoms with Crippen molar-refractivity contribution in [2.24, 2.45) is 0 Å². The van der Waals surface area contributed by atoms with Crippen LogP contribution in [0.3, 0.4) is 0 Å². The fraction of sp³-hybridized carbons (Fsp3) is 1.00. The van der Waals surface area contributed by atoms with E-state index in [4.69, 9.17) is 4.55 Å². The van der Waals surface area contributed by atoms with Gasteiger partial charge in [0, 0.05) is 22.2 Å². The molecule has 0 spiro atoms. The van der Waals surface area contributed by atoms with Gasteiger partial charge in [-0.05, 0) is 6.92 Å². The minimum atomic E-state index is -3.83. The summed E-state index contributed by atoms with van der Waals surface area (Å²) < 4.78 is 30.9. The lowest BCUT2D eigenvalue weighted by molar-refractivity contribution is 0.477. The van der Waals surface area contributed by atoms with Crippen LogP contribution in [-0.4, -0.2) is 24.8 Å². The Kier molecular flexibility index (Phi) is 3.64. The molecule has 0 aromatic rings. The Bertz CT molecular complexity index is 166. The molecule has 0 aliphatic carbocycles. The van der Waals surface area contributed by atoms with Gasteiger partial charge in [-0.1, -0.05) is 0 Å². The van der Waals surface area contributed by atoms with E-state index in [2.05, 4.69) is 20.5 Å². The molecule has 0 aliphatic heterocycles. The van der Waals surface area contributed by atoms with Gasteiger partial charge < -0.3 is 0 Å². The average molecular weight is 218 g/mol. The average Bonchev–Trinajstić information content (AvgIpc) is 1.62. The van der Waals surface area contributed by atoms with Crippen LogP contribution in [0, 0.1) is 0 Å². The van der Waals surface area contributed by atoms with Gasteiger partial charge in [0.15, 0.2) is 0 Å². The van der Waals surface area contributed by atoms with Gasteiger partial charge in [0.25, 0.3) is 10.1 Å². The maximum absolute atomic E-state index is 10.1. The fourth-order valence-electron chi connectivity index (χ4n) is 0.347. The predicted octanol–water partition coefficient (Wildman–Crippen LogP) is 0.162. The molecule has 0 saturated carbocycles. The third-order valence-corrected chi connectivity index (χ3v) is 2.35. The van der Waals surface area contributed by atoms with E-state index in [1.165, 1.54) is 0 Å². The molecule has 0 radical (unpaired) electrons. The van der Waals surface area contributed by atoms with Gasteiger partial charge in [0.05, 0.1) is 5.75 Å². The number of nitrogens with one attached hydrogen (secondary N) is 1. The summed E-state index contributed by atoms with van der Waals surface area (Å²) in [5.41, 5.74) is 0. The zero-order valence-corrected chi connectivity index (χ0v) is 7.24. The monoisotopic (exact) mass is 217 g/mol. The molecule has 0 bridgehead atoms. The summed E-state index contributed by atoms with van der Waals surface area (Å²) in [6.45, 7) is 1.63. The molecule has 56 valence electrons. The molecular weight excluding hydrogens is 210 g/mol. The van der Waals surface area contributed by atoms with Crippen molar-refractivity contribution in [1.29, 1.82) is 0 Å². The maximum atomic E-state index is 10.1. The third kappa shape index (κ3) is 6.23. The van der Waals surface area contributed by atoms with Crippen molar-refractivity contribution in [1.82, 2.24) is 4.34 Å². The Balaban J connectivity index is 3.75. The highest BCUT2D eigenvalue weighted by atomic mass is 79.9. The van der Waals surface area contributed by atoms with Gasteiger partial charge in [-0.2, -0.15) is 8.42 Å². The minimum absolute atomic E-state index is 0.278. The van der Waals surface area contributed by atoms with Crippen LogP contribution < -0.4 is 4.34 Å². The molecule has 0 heterocycles. The van der Waals surface area contributed by atoms with E-state index in [1.807, 2.05) is 0 Å². The standard InChI is InChI=1S/C3H8BrNO3S/c1-3(5-4)2-9(6,7)8/h3,5H,2H2,1H3,(H,6,7,8). The van der Waals surface area contributed by atoms with Crippen LogP contribution in [0.4, 0.5) is 0 Å². The Hall–Kier alpha value is 0.350. The van der Waals surface area contributed by atoms with Gasteiger partial charge in [-0.25, -0.2) is 0 Å². The van der Waals surface area contributed by atoms with Crippen LogP contribution in [0.2, 0.25) is 0 Å². The first kappa shape index (κ1) is 9.35. The van der Waals surface area contributed by atoms with Crippen LogP contribution in [0.25, 0.3) is 0 Å². The molecule has 0 amide bonds. The lowest BCUT2D eigenvalue weighted by atomic mass is 10.4. The number of halogens is 1. The minimum Gasteiger partial charge on any atom is -0.285 e. The lowest BCUT2D eigenvalue weighted by Crippen LogP contribution is -2.25. The molecule has 9 heavy (non-hydrogen) atoms. The highest BCUT2D eigenvalue weighted by Crippen LogP contribution is 1.90. The molecule has 4 nitrogen and oxygen atoms in total. The van der Waals surface area contributed by atoms with Crippen molar-refractivity contribution < 1.29 is 13.0 Å². The Morgan fingerprint density at radius 2 is 2.22 bits per heavy atom. The SMILES string of the molecule is CC(CS(=O)(=O)O)NBr. The van der Waals surface area contributed by atoms with Crippen molar-refractivity contribution in [2.45, 2.75) is 13.0 Å². The van der Waals surface area contributed by atoms with Crippen LogP contribution >= 0.6 is 16.1 Å². The first-order valence-corrected chi connectivity index (χ1v) is 4.67. The zero-order valence-electron chi connectivity index (χ0n) is 4.83.